The molecular weight excluding hydrogens is 204 g/mol. The Morgan fingerprint density at radius 1 is 1.50 bits per heavy atom. The third-order valence-corrected chi connectivity index (χ3v) is 2.91. The number of rotatable bonds is 6. The van der Waals surface area contributed by atoms with E-state index in [9.17, 15) is 5.11 Å². The van der Waals surface area contributed by atoms with E-state index in [1.807, 2.05) is 0 Å². The Balaban J connectivity index is 2.20. The molecule has 0 spiro atoms. The van der Waals surface area contributed by atoms with Crippen LogP contribution in [0.1, 0.15) is 27.2 Å². The third-order valence-electron chi connectivity index (χ3n) is 2.91. The van der Waals surface area contributed by atoms with Crippen LogP contribution in [0.15, 0.2) is 0 Å². The summed E-state index contributed by atoms with van der Waals surface area (Å²) in [6.07, 6.45) is 1.35. The molecule has 0 aromatic rings. The van der Waals surface area contributed by atoms with E-state index in [0.717, 1.165) is 32.7 Å². The van der Waals surface area contributed by atoms with E-state index in [1.54, 1.807) is 0 Å². The largest absolute Gasteiger partial charge is 0.395 e. The van der Waals surface area contributed by atoms with Crippen molar-refractivity contribution in [3.8, 4) is 0 Å². The molecule has 4 heteroatoms. The second kappa shape index (κ2) is 7.22. The van der Waals surface area contributed by atoms with Crippen LogP contribution in [0.25, 0.3) is 0 Å². The number of aliphatic hydroxyl groups is 1. The average molecular weight is 230 g/mol. The summed E-state index contributed by atoms with van der Waals surface area (Å²) in [6.45, 7) is 10.5. The maximum atomic E-state index is 9.25. The van der Waals surface area contributed by atoms with Gasteiger partial charge in [0.2, 0.25) is 0 Å². The summed E-state index contributed by atoms with van der Waals surface area (Å²) in [7, 11) is 0. The van der Waals surface area contributed by atoms with Crippen LogP contribution in [0.2, 0.25) is 0 Å². The van der Waals surface area contributed by atoms with Crippen LogP contribution in [0.3, 0.4) is 0 Å². The fourth-order valence-electron chi connectivity index (χ4n) is 2.13. The Hall–Kier alpha value is -0.160. The van der Waals surface area contributed by atoms with Gasteiger partial charge in [0.25, 0.3) is 0 Å². The van der Waals surface area contributed by atoms with Gasteiger partial charge < -0.3 is 15.2 Å². The Labute approximate surface area is 99.0 Å². The molecule has 0 aromatic carbocycles. The maximum absolute atomic E-state index is 9.25. The van der Waals surface area contributed by atoms with Crippen molar-refractivity contribution in [1.82, 2.24) is 10.2 Å². The van der Waals surface area contributed by atoms with Crippen LogP contribution in [-0.2, 0) is 4.74 Å². The molecule has 4 nitrogen and oxygen atoms in total. The number of nitrogens with zero attached hydrogens (tertiary/aromatic N) is 1. The summed E-state index contributed by atoms with van der Waals surface area (Å²) in [5.41, 5.74) is 0. The molecule has 96 valence electrons. The van der Waals surface area contributed by atoms with Gasteiger partial charge in [-0.15, -0.1) is 0 Å². The van der Waals surface area contributed by atoms with Crippen LogP contribution in [-0.4, -0.2) is 61.0 Å². The molecule has 1 fully saturated rings. The average Bonchev–Trinajstić information content (AvgIpc) is 2.24. The third kappa shape index (κ3) is 5.25. The van der Waals surface area contributed by atoms with Gasteiger partial charge in [0, 0.05) is 25.2 Å². The molecule has 0 saturated carbocycles. The van der Waals surface area contributed by atoms with Gasteiger partial charge in [0.15, 0.2) is 0 Å². The van der Waals surface area contributed by atoms with Gasteiger partial charge in [-0.05, 0) is 19.9 Å². The first-order valence-corrected chi connectivity index (χ1v) is 6.32. The van der Waals surface area contributed by atoms with Gasteiger partial charge in [-0.3, -0.25) is 4.90 Å². The van der Waals surface area contributed by atoms with E-state index in [4.69, 9.17) is 4.74 Å². The SMILES string of the molecule is CC(C)NC(CO)CCN1CCOC(C)C1. The molecule has 2 atom stereocenters. The summed E-state index contributed by atoms with van der Waals surface area (Å²) in [5, 5.41) is 12.6. The predicted octanol–water partition coefficient (Wildman–Crippen LogP) is 0.456. The maximum Gasteiger partial charge on any atom is 0.0674 e. The van der Waals surface area contributed by atoms with Gasteiger partial charge >= 0.3 is 0 Å². The van der Waals surface area contributed by atoms with Gasteiger partial charge in [-0.25, -0.2) is 0 Å². The number of hydrogen-bond acceptors (Lipinski definition) is 4. The lowest BCUT2D eigenvalue weighted by Crippen LogP contribution is -2.45. The van der Waals surface area contributed by atoms with Crippen LogP contribution >= 0.6 is 0 Å². The zero-order valence-electron chi connectivity index (χ0n) is 10.8. The quantitative estimate of drug-likeness (QED) is 0.696. The summed E-state index contributed by atoms with van der Waals surface area (Å²) in [4.78, 5) is 2.42. The smallest absolute Gasteiger partial charge is 0.0674 e. The second-order valence-electron chi connectivity index (χ2n) is 4.97. The Kier molecular flexibility index (Phi) is 6.28. The summed E-state index contributed by atoms with van der Waals surface area (Å²) in [6, 6.07) is 0.652. The van der Waals surface area contributed by atoms with Crippen molar-refractivity contribution in [2.24, 2.45) is 0 Å². The lowest BCUT2D eigenvalue weighted by molar-refractivity contribution is -0.0197. The van der Waals surface area contributed by atoms with Crippen LogP contribution in [0, 0.1) is 0 Å². The van der Waals surface area contributed by atoms with E-state index in [2.05, 4.69) is 31.0 Å². The minimum Gasteiger partial charge on any atom is -0.395 e. The standard InChI is InChI=1S/C12H26N2O2/c1-10(2)13-12(9-15)4-5-14-6-7-16-11(3)8-14/h10-13,15H,4-9H2,1-3H3. The number of ether oxygens (including phenoxy) is 1. The normalized spacial score (nSPS) is 24.9. The first-order chi connectivity index (χ1) is 7.61. The summed E-state index contributed by atoms with van der Waals surface area (Å²) >= 11 is 0. The molecule has 1 rings (SSSR count). The number of morpholine rings is 1. The first kappa shape index (κ1) is 13.9. The van der Waals surface area contributed by atoms with Gasteiger partial charge in [-0.1, -0.05) is 13.8 Å². The lowest BCUT2D eigenvalue weighted by Gasteiger charge is -2.32. The van der Waals surface area contributed by atoms with E-state index in [-0.39, 0.29) is 12.6 Å². The molecule has 0 aliphatic carbocycles. The van der Waals surface area contributed by atoms with Crippen molar-refractivity contribution >= 4 is 0 Å². The van der Waals surface area contributed by atoms with Gasteiger partial charge in [0.05, 0.1) is 19.3 Å². The van der Waals surface area contributed by atoms with Gasteiger partial charge in [0.1, 0.15) is 0 Å². The molecule has 1 heterocycles. The van der Waals surface area contributed by atoms with Crippen molar-refractivity contribution in [3.05, 3.63) is 0 Å². The second-order valence-corrected chi connectivity index (χ2v) is 4.97. The van der Waals surface area contributed by atoms with Crippen LogP contribution in [0.4, 0.5) is 0 Å². The Bertz CT molecular complexity index is 184. The highest BCUT2D eigenvalue weighted by Crippen LogP contribution is 2.06. The molecule has 1 aliphatic heterocycles. The van der Waals surface area contributed by atoms with E-state index >= 15 is 0 Å². The molecule has 1 saturated heterocycles. The highest BCUT2D eigenvalue weighted by molar-refractivity contribution is 4.73. The van der Waals surface area contributed by atoms with Crippen molar-refractivity contribution in [3.63, 3.8) is 0 Å². The molecule has 0 radical (unpaired) electrons. The van der Waals surface area contributed by atoms with E-state index in [0.29, 0.717) is 12.1 Å². The van der Waals surface area contributed by atoms with Crippen LogP contribution < -0.4 is 5.32 Å². The van der Waals surface area contributed by atoms with Crippen LogP contribution in [0.5, 0.6) is 0 Å². The fourth-order valence-corrected chi connectivity index (χ4v) is 2.13. The molecule has 2 unspecified atom stereocenters. The first-order valence-electron chi connectivity index (χ1n) is 6.32. The van der Waals surface area contributed by atoms with Crippen molar-refractivity contribution in [1.29, 1.82) is 0 Å². The predicted molar refractivity (Wildman–Crippen MR) is 65.6 cm³/mol. The lowest BCUT2D eigenvalue weighted by atomic mass is 10.1. The Morgan fingerprint density at radius 3 is 2.81 bits per heavy atom. The molecule has 0 bridgehead atoms. The monoisotopic (exact) mass is 230 g/mol. The van der Waals surface area contributed by atoms with E-state index in [1.165, 1.54) is 0 Å². The highest BCUT2D eigenvalue weighted by atomic mass is 16.5. The fraction of sp³-hybridized carbons (Fsp3) is 1.00. The minimum absolute atomic E-state index is 0.220. The number of nitrogens with one attached hydrogen (secondary N) is 1. The van der Waals surface area contributed by atoms with Crippen molar-refractivity contribution in [2.75, 3.05) is 32.8 Å². The zero-order chi connectivity index (χ0) is 12.0. The van der Waals surface area contributed by atoms with Crippen molar-refractivity contribution < 1.29 is 9.84 Å². The molecule has 16 heavy (non-hydrogen) atoms. The summed E-state index contributed by atoms with van der Waals surface area (Å²) < 4.78 is 5.50. The Morgan fingerprint density at radius 2 is 2.25 bits per heavy atom. The summed E-state index contributed by atoms with van der Waals surface area (Å²) in [5.74, 6) is 0. The molecule has 0 aromatic heterocycles. The van der Waals surface area contributed by atoms with Crippen molar-refractivity contribution in [2.45, 2.75) is 45.4 Å². The van der Waals surface area contributed by atoms with E-state index < -0.39 is 0 Å². The zero-order valence-corrected chi connectivity index (χ0v) is 10.8. The molecule has 1 aliphatic rings. The molecule has 2 N–H and O–H groups in total. The molecular formula is C12H26N2O2. The topological polar surface area (TPSA) is 44.7 Å². The minimum atomic E-state index is 0.220. The highest BCUT2D eigenvalue weighted by Gasteiger charge is 2.17. The van der Waals surface area contributed by atoms with Gasteiger partial charge in [-0.2, -0.15) is 0 Å². The molecule has 0 amide bonds. The number of aliphatic hydroxyl groups excluding tert-OH is 1. The number of hydrogen-bond donors (Lipinski definition) is 2.